The molecule has 0 spiro atoms. The second kappa shape index (κ2) is 15.5. The van der Waals surface area contributed by atoms with E-state index in [-0.39, 0.29) is 23.8 Å². The number of anilines is 1. The van der Waals surface area contributed by atoms with Crippen molar-refractivity contribution in [1.82, 2.24) is 10.2 Å². The molecule has 1 atom stereocenters. The summed E-state index contributed by atoms with van der Waals surface area (Å²) in [6, 6.07) is 30.1. The summed E-state index contributed by atoms with van der Waals surface area (Å²) in [5.41, 5.74) is 4.87. The zero-order valence-electron chi connectivity index (χ0n) is 26.6. The summed E-state index contributed by atoms with van der Waals surface area (Å²) in [5.74, 6) is -0.735. The molecule has 1 unspecified atom stereocenters. The number of nitrogens with one attached hydrogen (secondary N) is 1. The van der Waals surface area contributed by atoms with Crippen LogP contribution in [0.15, 0.2) is 108 Å². The number of aryl methyl sites for hydroxylation is 2. The lowest BCUT2D eigenvalue weighted by Gasteiger charge is -2.34. The third kappa shape index (κ3) is 8.60. The molecule has 45 heavy (non-hydrogen) atoms. The van der Waals surface area contributed by atoms with Gasteiger partial charge in [-0.3, -0.25) is 13.9 Å². The standard InChI is InChI=1S/C37H43N3O4S/c1-5-6-23-38-37(42)35(25-31-17-9-7-10-18-31)39(26-32-19-13-15-28(2)24-32)36(41)27-40(34-22-14-16-29(3)30(34)4)45(43,44)33-20-11-8-12-21-33/h7-22,24,35H,5-6,23,25-27H2,1-4H3,(H,38,42). The Bertz CT molecular complexity index is 1690. The summed E-state index contributed by atoms with van der Waals surface area (Å²) in [7, 11) is -4.14. The Morgan fingerprint density at radius 1 is 0.800 bits per heavy atom. The monoisotopic (exact) mass is 625 g/mol. The Hall–Kier alpha value is -4.43. The van der Waals surface area contributed by atoms with Crippen molar-refractivity contribution in [2.75, 3.05) is 17.4 Å². The molecule has 0 bridgehead atoms. The van der Waals surface area contributed by atoms with Crippen molar-refractivity contribution in [2.45, 2.75) is 64.4 Å². The Balaban J connectivity index is 1.81. The van der Waals surface area contributed by atoms with E-state index >= 15 is 0 Å². The van der Waals surface area contributed by atoms with Crippen LogP contribution in [-0.4, -0.2) is 44.3 Å². The lowest BCUT2D eigenvalue weighted by Crippen LogP contribution is -2.53. The smallest absolute Gasteiger partial charge is 0.264 e. The van der Waals surface area contributed by atoms with Gasteiger partial charge >= 0.3 is 0 Å². The normalized spacial score (nSPS) is 11.9. The molecular formula is C37H43N3O4S. The number of rotatable bonds is 14. The van der Waals surface area contributed by atoms with Crippen LogP contribution in [0, 0.1) is 20.8 Å². The minimum atomic E-state index is -4.14. The molecule has 0 heterocycles. The molecule has 0 radical (unpaired) electrons. The molecule has 1 N–H and O–H groups in total. The summed E-state index contributed by atoms with van der Waals surface area (Å²) < 4.78 is 29.6. The maximum Gasteiger partial charge on any atom is 0.264 e. The van der Waals surface area contributed by atoms with E-state index in [2.05, 4.69) is 12.2 Å². The fraction of sp³-hybridized carbons (Fsp3) is 0.297. The van der Waals surface area contributed by atoms with Gasteiger partial charge in [-0.2, -0.15) is 0 Å². The molecule has 0 saturated carbocycles. The summed E-state index contributed by atoms with van der Waals surface area (Å²) in [6.45, 7) is 7.96. The quantitative estimate of drug-likeness (QED) is 0.165. The third-order valence-corrected chi connectivity index (χ3v) is 9.76. The number of hydrogen-bond acceptors (Lipinski definition) is 4. The molecule has 4 rings (SSSR count). The second-order valence-corrected chi connectivity index (χ2v) is 13.3. The minimum Gasteiger partial charge on any atom is -0.354 e. The van der Waals surface area contributed by atoms with Gasteiger partial charge in [0.25, 0.3) is 10.0 Å². The third-order valence-electron chi connectivity index (χ3n) is 7.99. The average Bonchev–Trinajstić information content (AvgIpc) is 3.04. The number of benzene rings is 4. The van der Waals surface area contributed by atoms with Crippen LogP contribution in [0.5, 0.6) is 0 Å². The summed E-state index contributed by atoms with van der Waals surface area (Å²) in [5, 5.41) is 3.03. The molecule has 4 aromatic rings. The van der Waals surface area contributed by atoms with E-state index < -0.39 is 28.5 Å². The predicted octanol–water partition coefficient (Wildman–Crippen LogP) is 6.36. The maximum absolute atomic E-state index is 14.6. The van der Waals surface area contributed by atoms with Crippen LogP contribution in [0.1, 0.15) is 47.6 Å². The maximum atomic E-state index is 14.6. The van der Waals surface area contributed by atoms with Gasteiger partial charge in [0, 0.05) is 19.5 Å². The van der Waals surface area contributed by atoms with Crippen LogP contribution in [0.25, 0.3) is 0 Å². The van der Waals surface area contributed by atoms with Crippen molar-refractivity contribution in [3.63, 3.8) is 0 Å². The Morgan fingerprint density at radius 3 is 2.11 bits per heavy atom. The lowest BCUT2D eigenvalue weighted by atomic mass is 10.0. The molecule has 0 aliphatic rings. The van der Waals surface area contributed by atoms with Gasteiger partial charge in [0.2, 0.25) is 11.8 Å². The topological polar surface area (TPSA) is 86.8 Å². The fourth-order valence-electron chi connectivity index (χ4n) is 5.31. The summed E-state index contributed by atoms with van der Waals surface area (Å²) in [4.78, 5) is 30.1. The Kier molecular flexibility index (Phi) is 11.5. The van der Waals surface area contributed by atoms with Crippen molar-refractivity contribution in [3.05, 3.63) is 131 Å². The van der Waals surface area contributed by atoms with Gasteiger partial charge in [0.05, 0.1) is 10.6 Å². The molecule has 0 aliphatic heterocycles. The van der Waals surface area contributed by atoms with Crippen LogP contribution in [0.4, 0.5) is 5.69 Å². The van der Waals surface area contributed by atoms with E-state index in [0.29, 0.717) is 12.2 Å². The Labute approximate surface area is 268 Å². The van der Waals surface area contributed by atoms with Gasteiger partial charge in [-0.05, 0) is 67.6 Å². The van der Waals surface area contributed by atoms with Gasteiger partial charge in [0.1, 0.15) is 12.6 Å². The van der Waals surface area contributed by atoms with Crippen molar-refractivity contribution in [1.29, 1.82) is 0 Å². The number of nitrogens with zero attached hydrogens (tertiary/aromatic N) is 2. The molecule has 4 aromatic carbocycles. The van der Waals surface area contributed by atoms with E-state index in [4.69, 9.17) is 0 Å². The van der Waals surface area contributed by atoms with Crippen LogP contribution in [-0.2, 0) is 32.6 Å². The first-order chi connectivity index (χ1) is 21.6. The summed E-state index contributed by atoms with van der Waals surface area (Å²) >= 11 is 0. The van der Waals surface area contributed by atoms with Crippen molar-refractivity contribution in [3.8, 4) is 0 Å². The molecule has 0 saturated heterocycles. The first kappa shape index (κ1) is 33.5. The molecule has 2 amide bonds. The lowest BCUT2D eigenvalue weighted by molar-refractivity contribution is -0.140. The number of amides is 2. The highest BCUT2D eigenvalue weighted by Gasteiger charge is 2.35. The van der Waals surface area contributed by atoms with Gasteiger partial charge in [-0.15, -0.1) is 0 Å². The number of unbranched alkanes of at least 4 members (excludes halogenated alkanes) is 1. The first-order valence-corrected chi connectivity index (χ1v) is 16.9. The highest BCUT2D eigenvalue weighted by Crippen LogP contribution is 2.29. The summed E-state index contributed by atoms with van der Waals surface area (Å²) in [6.07, 6.45) is 2.01. The van der Waals surface area contributed by atoms with Crippen molar-refractivity contribution in [2.24, 2.45) is 0 Å². The first-order valence-electron chi connectivity index (χ1n) is 15.4. The Morgan fingerprint density at radius 2 is 1.44 bits per heavy atom. The predicted molar refractivity (Wildman–Crippen MR) is 180 cm³/mol. The highest BCUT2D eigenvalue weighted by atomic mass is 32.2. The van der Waals surface area contributed by atoms with Crippen molar-refractivity contribution >= 4 is 27.5 Å². The highest BCUT2D eigenvalue weighted by molar-refractivity contribution is 7.92. The molecule has 0 aliphatic carbocycles. The zero-order valence-corrected chi connectivity index (χ0v) is 27.4. The second-order valence-electron chi connectivity index (χ2n) is 11.4. The molecular weight excluding hydrogens is 582 g/mol. The SMILES string of the molecule is CCCCNC(=O)C(Cc1ccccc1)N(Cc1cccc(C)c1)C(=O)CN(c1cccc(C)c1C)S(=O)(=O)c1ccccc1. The average molecular weight is 626 g/mol. The van der Waals surface area contributed by atoms with Gasteiger partial charge in [-0.1, -0.05) is 104 Å². The number of hydrogen-bond donors (Lipinski definition) is 1. The van der Waals surface area contributed by atoms with Gasteiger partial charge in [-0.25, -0.2) is 8.42 Å². The van der Waals surface area contributed by atoms with E-state index in [1.165, 1.54) is 16.4 Å². The van der Waals surface area contributed by atoms with Gasteiger partial charge < -0.3 is 10.2 Å². The molecule has 236 valence electrons. The number of sulfonamides is 1. The zero-order chi connectivity index (χ0) is 32.4. The van der Waals surface area contributed by atoms with E-state index in [9.17, 15) is 18.0 Å². The molecule has 8 heteroatoms. The van der Waals surface area contributed by atoms with Crippen LogP contribution in [0.2, 0.25) is 0 Å². The minimum absolute atomic E-state index is 0.0853. The largest absolute Gasteiger partial charge is 0.354 e. The molecule has 0 aromatic heterocycles. The van der Waals surface area contributed by atoms with Crippen LogP contribution < -0.4 is 9.62 Å². The van der Waals surface area contributed by atoms with E-state index in [1.54, 1.807) is 35.2 Å². The van der Waals surface area contributed by atoms with Crippen LogP contribution >= 0.6 is 0 Å². The van der Waals surface area contributed by atoms with E-state index in [0.717, 1.165) is 40.7 Å². The number of carbonyl (C=O) groups is 2. The molecule has 7 nitrogen and oxygen atoms in total. The van der Waals surface area contributed by atoms with Gasteiger partial charge in [0.15, 0.2) is 0 Å². The number of carbonyl (C=O) groups excluding carboxylic acids is 2. The molecule has 0 fully saturated rings. The van der Waals surface area contributed by atoms with Crippen molar-refractivity contribution < 1.29 is 18.0 Å². The van der Waals surface area contributed by atoms with Crippen LogP contribution in [0.3, 0.4) is 0 Å². The fourth-order valence-corrected chi connectivity index (χ4v) is 6.80. The van der Waals surface area contributed by atoms with E-state index in [1.807, 2.05) is 81.4 Å².